The van der Waals surface area contributed by atoms with Crippen LogP contribution in [0.1, 0.15) is 27.5 Å². The third-order valence-electron chi connectivity index (χ3n) is 4.15. The highest BCUT2D eigenvalue weighted by Crippen LogP contribution is 2.19. The van der Waals surface area contributed by atoms with E-state index in [2.05, 4.69) is 5.32 Å². The summed E-state index contributed by atoms with van der Waals surface area (Å²) in [6, 6.07) is 26.1. The van der Waals surface area contributed by atoms with Crippen molar-refractivity contribution in [2.45, 2.75) is 17.9 Å². The van der Waals surface area contributed by atoms with Crippen LogP contribution in [0.4, 0.5) is 0 Å². The lowest BCUT2D eigenvalue weighted by atomic mass is 10.1. The molecule has 4 heteroatoms. The number of rotatable bonds is 6. The maximum atomic E-state index is 12.8. The van der Waals surface area contributed by atoms with Crippen LogP contribution in [0, 0.1) is 6.92 Å². The molecule has 2 atom stereocenters. The monoisotopic (exact) mass is 363 g/mol. The van der Waals surface area contributed by atoms with Gasteiger partial charge in [0, 0.05) is 10.5 Å². The SMILES string of the molecule is Cc1ccc(S(=O)C[C@@H](NC(=O)c2ccccc2)c2ccccc2)cc1. The molecule has 3 aromatic rings. The van der Waals surface area contributed by atoms with Gasteiger partial charge in [0.1, 0.15) is 0 Å². The van der Waals surface area contributed by atoms with Crippen LogP contribution >= 0.6 is 0 Å². The highest BCUT2D eigenvalue weighted by Gasteiger charge is 2.19. The number of carbonyl (C=O) groups excluding carboxylic acids is 1. The molecule has 1 unspecified atom stereocenters. The molecule has 0 heterocycles. The molecule has 0 fully saturated rings. The van der Waals surface area contributed by atoms with Crippen molar-refractivity contribution in [3.63, 3.8) is 0 Å². The van der Waals surface area contributed by atoms with Crippen molar-refractivity contribution < 1.29 is 9.00 Å². The van der Waals surface area contributed by atoms with Gasteiger partial charge in [-0.3, -0.25) is 9.00 Å². The Morgan fingerprint density at radius 2 is 1.46 bits per heavy atom. The van der Waals surface area contributed by atoms with E-state index >= 15 is 0 Å². The van der Waals surface area contributed by atoms with E-state index < -0.39 is 10.8 Å². The molecule has 1 N–H and O–H groups in total. The lowest BCUT2D eigenvalue weighted by molar-refractivity contribution is 0.0940. The maximum Gasteiger partial charge on any atom is 0.251 e. The van der Waals surface area contributed by atoms with E-state index in [4.69, 9.17) is 0 Å². The van der Waals surface area contributed by atoms with E-state index in [0.717, 1.165) is 16.0 Å². The number of aryl methyl sites for hydroxylation is 1. The summed E-state index contributed by atoms with van der Waals surface area (Å²) in [7, 11) is -1.21. The van der Waals surface area contributed by atoms with Crippen molar-refractivity contribution >= 4 is 16.7 Å². The first-order valence-corrected chi connectivity index (χ1v) is 9.81. The molecule has 0 aliphatic rings. The van der Waals surface area contributed by atoms with Crippen LogP contribution in [0.25, 0.3) is 0 Å². The first kappa shape index (κ1) is 18.1. The molecule has 26 heavy (non-hydrogen) atoms. The van der Waals surface area contributed by atoms with Gasteiger partial charge in [-0.05, 0) is 36.8 Å². The second-order valence-electron chi connectivity index (χ2n) is 6.13. The zero-order valence-corrected chi connectivity index (χ0v) is 15.4. The molecule has 132 valence electrons. The molecule has 0 saturated carbocycles. The normalized spacial score (nSPS) is 13.0. The predicted octanol–water partition coefficient (Wildman–Crippen LogP) is 4.27. The Balaban J connectivity index is 1.81. The standard InChI is InChI=1S/C22H21NO2S/c1-17-12-14-20(15-13-17)26(25)16-21(18-8-4-2-5-9-18)23-22(24)19-10-6-3-7-11-19/h2-15,21H,16H2,1H3,(H,23,24)/t21-,26?/m1/s1. The van der Waals surface area contributed by atoms with Crippen molar-refractivity contribution in [2.24, 2.45) is 0 Å². The number of hydrogen-bond acceptors (Lipinski definition) is 2. The van der Waals surface area contributed by atoms with Crippen LogP contribution < -0.4 is 5.32 Å². The molecule has 3 aromatic carbocycles. The molecule has 0 aliphatic heterocycles. The topological polar surface area (TPSA) is 46.2 Å². The fraction of sp³-hybridized carbons (Fsp3) is 0.136. The van der Waals surface area contributed by atoms with Crippen LogP contribution in [0.5, 0.6) is 0 Å². The van der Waals surface area contributed by atoms with Crippen molar-refractivity contribution in [3.05, 3.63) is 102 Å². The summed E-state index contributed by atoms with van der Waals surface area (Å²) >= 11 is 0. The van der Waals surface area contributed by atoms with E-state index in [9.17, 15) is 9.00 Å². The Hall–Kier alpha value is -2.72. The third-order valence-corrected chi connectivity index (χ3v) is 5.58. The molecule has 0 radical (unpaired) electrons. The largest absolute Gasteiger partial charge is 0.344 e. The van der Waals surface area contributed by atoms with Gasteiger partial charge in [0.05, 0.1) is 22.6 Å². The highest BCUT2D eigenvalue weighted by atomic mass is 32.2. The van der Waals surface area contributed by atoms with E-state index in [1.165, 1.54) is 0 Å². The average Bonchev–Trinajstić information content (AvgIpc) is 2.69. The number of nitrogens with one attached hydrogen (secondary N) is 1. The molecule has 0 bridgehead atoms. The van der Waals surface area contributed by atoms with Crippen LogP contribution in [0.3, 0.4) is 0 Å². The fourth-order valence-electron chi connectivity index (χ4n) is 2.68. The second-order valence-corrected chi connectivity index (χ2v) is 7.62. The van der Waals surface area contributed by atoms with Crippen LogP contribution in [-0.2, 0) is 10.8 Å². The first-order valence-electron chi connectivity index (χ1n) is 8.49. The number of benzene rings is 3. The Morgan fingerprint density at radius 1 is 0.885 bits per heavy atom. The fourth-order valence-corrected chi connectivity index (χ4v) is 3.89. The van der Waals surface area contributed by atoms with Crippen molar-refractivity contribution in [3.8, 4) is 0 Å². The van der Waals surface area contributed by atoms with E-state index in [1.54, 1.807) is 12.1 Å². The molecule has 3 nitrogen and oxygen atoms in total. The lowest BCUT2D eigenvalue weighted by Gasteiger charge is -2.19. The summed E-state index contributed by atoms with van der Waals surface area (Å²) in [6.07, 6.45) is 0. The molecule has 0 aromatic heterocycles. The molecule has 0 spiro atoms. The van der Waals surface area contributed by atoms with Crippen molar-refractivity contribution in [2.75, 3.05) is 5.75 Å². The summed E-state index contributed by atoms with van der Waals surface area (Å²) < 4.78 is 12.8. The van der Waals surface area contributed by atoms with Crippen LogP contribution in [-0.4, -0.2) is 15.9 Å². The van der Waals surface area contributed by atoms with Gasteiger partial charge < -0.3 is 5.32 Å². The molecular weight excluding hydrogens is 342 g/mol. The number of hydrogen-bond donors (Lipinski definition) is 1. The summed E-state index contributed by atoms with van der Waals surface area (Å²) in [6.45, 7) is 2.00. The molecule has 1 amide bonds. The van der Waals surface area contributed by atoms with E-state index in [0.29, 0.717) is 11.3 Å². The van der Waals surface area contributed by atoms with E-state index in [-0.39, 0.29) is 11.9 Å². The minimum absolute atomic E-state index is 0.166. The van der Waals surface area contributed by atoms with Gasteiger partial charge in [0.2, 0.25) is 0 Å². The molecule has 3 rings (SSSR count). The van der Waals surface area contributed by atoms with Crippen LogP contribution in [0.2, 0.25) is 0 Å². The van der Waals surface area contributed by atoms with Gasteiger partial charge in [-0.25, -0.2) is 0 Å². The summed E-state index contributed by atoms with van der Waals surface area (Å²) in [5.74, 6) is 0.159. The summed E-state index contributed by atoms with van der Waals surface area (Å²) in [5.41, 5.74) is 2.66. The van der Waals surface area contributed by atoms with Gasteiger partial charge in [-0.15, -0.1) is 0 Å². The number of carbonyl (C=O) groups is 1. The van der Waals surface area contributed by atoms with Gasteiger partial charge >= 0.3 is 0 Å². The van der Waals surface area contributed by atoms with Crippen molar-refractivity contribution in [1.82, 2.24) is 5.32 Å². The second kappa shape index (κ2) is 8.59. The Labute approximate surface area is 156 Å². The lowest BCUT2D eigenvalue weighted by Crippen LogP contribution is -2.32. The van der Waals surface area contributed by atoms with Gasteiger partial charge in [-0.1, -0.05) is 66.2 Å². The molecule has 0 aliphatic carbocycles. The van der Waals surface area contributed by atoms with Crippen LogP contribution in [0.15, 0.2) is 89.8 Å². The minimum atomic E-state index is -1.21. The van der Waals surface area contributed by atoms with Gasteiger partial charge in [0.15, 0.2) is 0 Å². The quantitative estimate of drug-likeness (QED) is 0.711. The number of amides is 1. The average molecular weight is 363 g/mol. The smallest absolute Gasteiger partial charge is 0.251 e. The minimum Gasteiger partial charge on any atom is -0.344 e. The molecule has 0 saturated heterocycles. The van der Waals surface area contributed by atoms with Gasteiger partial charge in [-0.2, -0.15) is 0 Å². The maximum absolute atomic E-state index is 12.8. The summed E-state index contributed by atoms with van der Waals surface area (Å²) in [4.78, 5) is 13.3. The zero-order valence-electron chi connectivity index (χ0n) is 14.6. The first-order chi connectivity index (χ1) is 12.6. The predicted molar refractivity (Wildman–Crippen MR) is 106 cm³/mol. The van der Waals surface area contributed by atoms with Gasteiger partial charge in [0.25, 0.3) is 5.91 Å². The Kier molecular flexibility index (Phi) is 5.97. The Bertz CT molecular complexity index is 877. The third kappa shape index (κ3) is 4.67. The Morgan fingerprint density at radius 3 is 2.08 bits per heavy atom. The molecular formula is C22H21NO2S. The zero-order chi connectivity index (χ0) is 18.4. The van der Waals surface area contributed by atoms with Crippen molar-refractivity contribution in [1.29, 1.82) is 0 Å². The highest BCUT2D eigenvalue weighted by molar-refractivity contribution is 7.85. The van der Waals surface area contributed by atoms with E-state index in [1.807, 2.05) is 79.7 Å². The summed E-state index contributed by atoms with van der Waals surface area (Å²) in [5, 5.41) is 3.03.